The highest BCUT2D eigenvalue weighted by Gasteiger charge is 2.23. The molecule has 0 aliphatic carbocycles. The van der Waals surface area contributed by atoms with Gasteiger partial charge in [-0.25, -0.2) is 0 Å². The number of halogens is 1. The van der Waals surface area contributed by atoms with Crippen molar-refractivity contribution in [1.29, 1.82) is 0 Å². The first-order valence-corrected chi connectivity index (χ1v) is 9.90. The number of carbonyl (C=O) groups excluding carboxylic acids is 1. The van der Waals surface area contributed by atoms with Gasteiger partial charge in [0.1, 0.15) is 5.75 Å². The Hall–Kier alpha value is -1.51. The number of likely N-dealkylation sites (tertiary alicyclic amines) is 1. The maximum absolute atomic E-state index is 11.6. The van der Waals surface area contributed by atoms with Crippen molar-refractivity contribution in [1.82, 2.24) is 15.5 Å². The van der Waals surface area contributed by atoms with E-state index in [1.54, 1.807) is 7.05 Å². The zero-order valence-corrected chi connectivity index (χ0v) is 19.9. The van der Waals surface area contributed by atoms with E-state index in [1.807, 2.05) is 25.2 Å². The molecule has 0 unspecified atom stereocenters. The average molecular weight is 502 g/mol. The first-order valence-electron chi connectivity index (χ1n) is 9.90. The van der Waals surface area contributed by atoms with Crippen LogP contribution in [0.4, 0.5) is 0 Å². The van der Waals surface area contributed by atoms with Gasteiger partial charge in [0.25, 0.3) is 0 Å². The first kappa shape index (κ1) is 24.5. The summed E-state index contributed by atoms with van der Waals surface area (Å²) >= 11 is 0. The number of hydrogen-bond acceptors (Lipinski definition) is 3. The van der Waals surface area contributed by atoms with Crippen molar-refractivity contribution < 1.29 is 9.53 Å². The number of rotatable bonds is 7. The van der Waals surface area contributed by atoms with Crippen molar-refractivity contribution >= 4 is 35.8 Å². The molecule has 0 saturated carbocycles. The number of nitrogens with one attached hydrogen (secondary N) is 2. The van der Waals surface area contributed by atoms with E-state index >= 15 is 0 Å². The smallest absolute Gasteiger partial charge is 0.220 e. The third-order valence-electron chi connectivity index (χ3n) is 4.86. The predicted octanol–water partition coefficient (Wildman–Crippen LogP) is 3.26. The summed E-state index contributed by atoms with van der Waals surface area (Å²) in [5.74, 6) is 2.93. The Morgan fingerprint density at radius 1 is 1.29 bits per heavy atom. The number of piperidine rings is 1. The highest BCUT2D eigenvalue weighted by Crippen LogP contribution is 2.21. The largest absolute Gasteiger partial charge is 0.493 e. The molecule has 1 aromatic carbocycles. The molecule has 1 aliphatic rings. The number of nitrogens with zero attached hydrogens (tertiary/aromatic N) is 2. The predicted molar refractivity (Wildman–Crippen MR) is 125 cm³/mol. The second-order valence-electron chi connectivity index (χ2n) is 7.52. The first-order chi connectivity index (χ1) is 13.0. The van der Waals surface area contributed by atoms with Crippen LogP contribution in [0, 0.1) is 11.8 Å². The Labute approximate surface area is 186 Å². The lowest BCUT2D eigenvalue weighted by Crippen LogP contribution is -2.45. The summed E-state index contributed by atoms with van der Waals surface area (Å²) in [6.45, 7) is 7.54. The Morgan fingerprint density at radius 3 is 2.57 bits per heavy atom. The van der Waals surface area contributed by atoms with Crippen LogP contribution < -0.4 is 15.4 Å². The van der Waals surface area contributed by atoms with Crippen LogP contribution in [-0.4, -0.2) is 50.6 Å². The van der Waals surface area contributed by atoms with Gasteiger partial charge in [0.2, 0.25) is 5.91 Å². The van der Waals surface area contributed by atoms with Crippen LogP contribution in [0.5, 0.6) is 5.75 Å². The number of para-hydroxylation sites is 1. The molecule has 158 valence electrons. The van der Waals surface area contributed by atoms with Crippen molar-refractivity contribution in [2.45, 2.75) is 39.7 Å². The fourth-order valence-corrected chi connectivity index (χ4v) is 3.27. The number of carbonyl (C=O) groups is 1. The van der Waals surface area contributed by atoms with Crippen LogP contribution >= 0.6 is 24.0 Å². The second-order valence-corrected chi connectivity index (χ2v) is 7.52. The van der Waals surface area contributed by atoms with Crippen LogP contribution in [0.25, 0.3) is 0 Å². The highest BCUT2D eigenvalue weighted by atomic mass is 127. The lowest BCUT2D eigenvalue weighted by Gasteiger charge is -2.34. The van der Waals surface area contributed by atoms with Gasteiger partial charge >= 0.3 is 0 Å². The van der Waals surface area contributed by atoms with Gasteiger partial charge in [-0.1, -0.05) is 32.0 Å². The van der Waals surface area contributed by atoms with Crippen LogP contribution in [0.1, 0.15) is 38.7 Å². The maximum Gasteiger partial charge on any atom is 0.220 e. The van der Waals surface area contributed by atoms with Crippen molar-refractivity contribution in [2.75, 3.05) is 33.8 Å². The molecule has 1 fully saturated rings. The summed E-state index contributed by atoms with van der Waals surface area (Å²) in [7, 11) is 3.52. The molecule has 1 aromatic rings. The SMILES string of the molecule is CN=C(NCc1ccccc1OCC(C)C)N1CCC(CC(=O)NC)CC1.I. The van der Waals surface area contributed by atoms with Gasteiger partial charge in [-0.05, 0) is 30.7 Å². The second kappa shape index (κ2) is 12.9. The summed E-state index contributed by atoms with van der Waals surface area (Å²) in [6.07, 6.45) is 2.65. The van der Waals surface area contributed by atoms with E-state index in [0.29, 0.717) is 31.4 Å². The molecule has 1 aliphatic heterocycles. The minimum Gasteiger partial charge on any atom is -0.493 e. The highest BCUT2D eigenvalue weighted by molar-refractivity contribution is 14.0. The zero-order chi connectivity index (χ0) is 19.6. The normalized spacial score (nSPS) is 15.2. The minimum atomic E-state index is 0. The van der Waals surface area contributed by atoms with Crippen molar-refractivity contribution in [3.63, 3.8) is 0 Å². The zero-order valence-electron chi connectivity index (χ0n) is 17.5. The van der Waals surface area contributed by atoms with E-state index < -0.39 is 0 Å². The third-order valence-corrected chi connectivity index (χ3v) is 4.86. The molecule has 1 heterocycles. The summed E-state index contributed by atoms with van der Waals surface area (Å²) in [6, 6.07) is 8.15. The maximum atomic E-state index is 11.6. The molecule has 7 heteroatoms. The molecular weight excluding hydrogens is 467 g/mol. The van der Waals surface area contributed by atoms with Gasteiger partial charge in [-0.15, -0.1) is 24.0 Å². The summed E-state index contributed by atoms with van der Waals surface area (Å²) in [4.78, 5) is 18.3. The molecule has 0 bridgehead atoms. The molecule has 0 aromatic heterocycles. The van der Waals surface area contributed by atoms with Crippen LogP contribution in [-0.2, 0) is 11.3 Å². The van der Waals surface area contributed by atoms with Gasteiger partial charge in [0.05, 0.1) is 6.61 Å². The Bertz CT molecular complexity index is 629. The average Bonchev–Trinajstić information content (AvgIpc) is 2.68. The molecule has 1 amide bonds. The van der Waals surface area contributed by atoms with E-state index in [1.165, 1.54) is 0 Å². The molecule has 1 saturated heterocycles. The fourth-order valence-electron chi connectivity index (χ4n) is 3.27. The molecule has 0 atom stereocenters. The van der Waals surface area contributed by atoms with E-state index in [2.05, 4.69) is 40.4 Å². The van der Waals surface area contributed by atoms with Gasteiger partial charge in [0, 0.05) is 45.7 Å². The van der Waals surface area contributed by atoms with E-state index in [-0.39, 0.29) is 29.9 Å². The molecular formula is C21H35IN4O2. The van der Waals surface area contributed by atoms with Gasteiger partial charge in [-0.3, -0.25) is 9.79 Å². The number of aliphatic imine (C=N–C) groups is 1. The molecule has 6 nitrogen and oxygen atoms in total. The minimum absolute atomic E-state index is 0. The van der Waals surface area contributed by atoms with Gasteiger partial charge in [-0.2, -0.15) is 0 Å². The van der Waals surface area contributed by atoms with Gasteiger partial charge < -0.3 is 20.3 Å². The molecule has 0 radical (unpaired) electrons. The lowest BCUT2D eigenvalue weighted by molar-refractivity contribution is -0.121. The number of guanidine groups is 1. The number of amides is 1. The summed E-state index contributed by atoms with van der Waals surface area (Å²) in [5.41, 5.74) is 1.13. The van der Waals surface area contributed by atoms with Crippen LogP contribution in [0.15, 0.2) is 29.3 Å². The monoisotopic (exact) mass is 502 g/mol. The van der Waals surface area contributed by atoms with E-state index in [4.69, 9.17) is 4.74 Å². The van der Waals surface area contributed by atoms with Crippen molar-refractivity contribution in [3.05, 3.63) is 29.8 Å². The van der Waals surface area contributed by atoms with Gasteiger partial charge in [0.15, 0.2) is 5.96 Å². The third kappa shape index (κ3) is 7.85. The van der Waals surface area contributed by atoms with Crippen molar-refractivity contribution in [2.24, 2.45) is 16.8 Å². The fraction of sp³-hybridized carbons (Fsp3) is 0.619. The lowest BCUT2D eigenvalue weighted by atomic mass is 9.93. The summed E-state index contributed by atoms with van der Waals surface area (Å²) in [5, 5.41) is 6.18. The standard InChI is InChI=1S/C21H34N4O2.HI/c1-16(2)15-27-19-8-6-5-7-18(19)14-24-21(23-4)25-11-9-17(10-12-25)13-20(26)22-3;/h5-8,16-17H,9-15H2,1-4H3,(H,22,26)(H,23,24);1H. The van der Waals surface area contributed by atoms with E-state index in [0.717, 1.165) is 43.2 Å². The molecule has 28 heavy (non-hydrogen) atoms. The molecule has 2 rings (SSSR count). The van der Waals surface area contributed by atoms with E-state index in [9.17, 15) is 4.79 Å². The Morgan fingerprint density at radius 2 is 1.96 bits per heavy atom. The number of hydrogen-bond donors (Lipinski definition) is 2. The topological polar surface area (TPSA) is 66.0 Å². The van der Waals surface area contributed by atoms with Crippen LogP contribution in [0.3, 0.4) is 0 Å². The van der Waals surface area contributed by atoms with Crippen molar-refractivity contribution in [3.8, 4) is 5.75 Å². The molecule has 2 N–H and O–H groups in total. The number of benzene rings is 1. The Balaban J connectivity index is 0.00000392. The van der Waals surface area contributed by atoms with Crippen LogP contribution in [0.2, 0.25) is 0 Å². The Kier molecular flexibility index (Phi) is 11.3. The summed E-state index contributed by atoms with van der Waals surface area (Å²) < 4.78 is 5.94. The number of ether oxygens (including phenoxy) is 1. The molecule has 0 spiro atoms. The quantitative estimate of drug-likeness (QED) is 0.342.